The van der Waals surface area contributed by atoms with Gasteiger partial charge in [0.1, 0.15) is 5.82 Å². The molecule has 2 heterocycles. The van der Waals surface area contributed by atoms with Crippen LogP contribution in [0.4, 0.5) is 0 Å². The number of nitrogens with one attached hydrogen (secondary N) is 1. The Morgan fingerprint density at radius 2 is 2.20 bits per heavy atom. The summed E-state index contributed by atoms with van der Waals surface area (Å²) < 4.78 is 0. The number of piperidine rings is 1. The lowest BCUT2D eigenvalue weighted by molar-refractivity contribution is 0.227. The molecule has 0 saturated carbocycles. The summed E-state index contributed by atoms with van der Waals surface area (Å²) >= 11 is 0. The van der Waals surface area contributed by atoms with Gasteiger partial charge in [-0.3, -0.25) is 10.00 Å². The number of hydrogen-bond acceptors (Lipinski definition) is 3. The fraction of sp³-hybridized carbons (Fsp3) is 0.375. The summed E-state index contributed by atoms with van der Waals surface area (Å²) in [6.45, 7) is 2.77. The third kappa shape index (κ3) is 2.73. The fourth-order valence-corrected chi connectivity index (χ4v) is 2.72. The van der Waals surface area contributed by atoms with Gasteiger partial charge in [0.25, 0.3) is 0 Å². The number of aromatic amines is 1. The lowest BCUT2D eigenvalue weighted by Crippen LogP contribution is -2.34. The van der Waals surface area contributed by atoms with Crippen molar-refractivity contribution in [2.24, 2.45) is 0 Å². The first-order valence-corrected chi connectivity index (χ1v) is 7.00. The van der Waals surface area contributed by atoms with Crippen LogP contribution in [0.25, 0.3) is 11.4 Å². The third-order valence-electron chi connectivity index (χ3n) is 3.74. The highest BCUT2D eigenvalue weighted by Gasteiger charge is 2.23. The minimum absolute atomic E-state index is 0.405. The standard InChI is InChI=1S/C16H18N4/c1-2-10-20-11-6-9-14(12-20)16-17-15(18-19-16)13-7-4-3-5-8-13/h1,3-5,7-8,14H,6,9-12H2,(H,17,18,19)/t14-/m0/s1. The van der Waals surface area contributed by atoms with E-state index in [4.69, 9.17) is 6.42 Å². The van der Waals surface area contributed by atoms with Gasteiger partial charge in [0, 0.05) is 18.0 Å². The molecule has 2 aromatic rings. The van der Waals surface area contributed by atoms with Crippen molar-refractivity contribution in [2.45, 2.75) is 18.8 Å². The summed E-state index contributed by atoms with van der Waals surface area (Å²) in [6, 6.07) is 10.0. The molecule has 20 heavy (non-hydrogen) atoms. The monoisotopic (exact) mass is 266 g/mol. The summed E-state index contributed by atoms with van der Waals surface area (Å²) in [6.07, 6.45) is 7.70. The number of terminal acetylenes is 1. The number of aromatic nitrogens is 3. The first-order valence-electron chi connectivity index (χ1n) is 7.00. The molecule has 0 unspecified atom stereocenters. The molecule has 1 atom stereocenters. The summed E-state index contributed by atoms with van der Waals surface area (Å²) in [5, 5.41) is 7.43. The first kappa shape index (κ1) is 12.9. The van der Waals surface area contributed by atoms with E-state index in [2.05, 4.69) is 26.0 Å². The van der Waals surface area contributed by atoms with E-state index in [0.29, 0.717) is 5.92 Å². The maximum Gasteiger partial charge on any atom is 0.181 e. The van der Waals surface area contributed by atoms with E-state index in [0.717, 1.165) is 49.7 Å². The predicted octanol–water partition coefficient (Wildman–Crippen LogP) is 2.28. The maximum atomic E-state index is 5.40. The molecule has 1 aromatic carbocycles. The zero-order valence-corrected chi connectivity index (χ0v) is 11.4. The number of H-pyrrole nitrogens is 1. The van der Waals surface area contributed by atoms with E-state index in [1.807, 2.05) is 30.3 Å². The Hall–Kier alpha value is -2.12. The molecule has 4 heteroatoms. The van der Waals surface area contributed by atoms with Gasteiger partial charge in [-0.15, -0.1) is 6.42 Å². The van der Waals surface area contributed by atoms with Crippen LogP contribution >= 0.6 is 0 Å². The average molecular weight is 266 g/mol. The second kappa shape index (κ2) is 5.89. The Labute approximate surface area is 119 Å². The lowest BCUT2D eigenvalue weighted by atomic mass is 9.97. The number of nitrogens with zero attached hydrogens (tertiary/aromatic N) is 3. The molecule has 0 spiro atoms. The summed E-state index contributed by atoms with van der Waals surface area (Å²) in [4.78, 5) is 6.96. The average Bonchev–Trinajstić information content (AvgIpc) is 2.99. The number of benzene rings is 1. The van der Waals surface area contributed by atoms with Crippen LogP contribution < -0.4 is 0 Å². The Kier molecular flexibility index (Phi) is 3.80. The second-order valence-electron chi connectivity index (χ2n) is 5.19. The molecule has 102 valence electrons. The summed E-state index contributed by atoms with van der Waals surface area (Å²) in [7, 11) is 0. The fourth-order valence-electron chi connectivity index (χ4n) is 2.72. The molecule has 4 nitrogen and oxygen atoms in total. The van der Waals surface area contributed by atoms with Gasteiger partial charge in [0.05, 0.1) is 6.54 Å². The van der Waals surface area contributed by atoms with Gasteiger partial charge in [-0.1, -0.05) is 36.3 Å². The van der Waals surface area contributed by atoms with Crippen LogP contribution in [0.2, 0.25) is 0 Å². The Morgan fingerprint density at radius 3 is 3.00 bits per heavy atom. The van der Waals surface area contributed by atoms with Crippen molar-refractivity contribution in [3.05, 3.63) is 36.2 Å². The highest BCUT2D eigenvalue weighted by atomic mass is 15.2. The SMILES string of the molecule is C#CCN1CCC[C@H](c2nc(-c3ccccc3)n[nH]2)C1. The highest BCUT2D eigenvalue weighted by Crippen LogP contribution is 2.25. The van der Waals surface area contributed by atoms with Crippen LogP contribution in [-0.2, 0) is 0 Å². The van der Waals surface area contributed by atoms with Crippen LogP contribution in [-0.4, -0.2) is 39.7 Å². The minimum atomic E-state index is 0.405. The van der Waals surface area contributed by atoms with E-state index in [9.17, 15) is 0 Å². The van der Waals surface area contributed by atoms with Gasteiger partial charge in [0.15, 0.2) is 5.82 Å². The van der Waals surface area contributed by atoms with Gasteiger partial charge in [-0.2, -0.15) is 5.10 Å². The van der Waals surface area contributed by atoms with Crippen molar-refractivity contribution in [2.75, 3.05) is 19.6 Å². The van der Waals surface area contributed by atoms with Crippen molar-refractivity contribution in [3.63, 3.8) is 0 Å². The van der Waals surface area contributed by atoms with Crippen LogP contribution in [0.15, 0.2) is 30.3 Å². The maximum absolute atomic E-state index is 5.40. The van der Waals surface area contributed by atoms with Crippen LogP contribution in [0.1, 0.15) is 24.6 Å². The largest absolute Gasteiger partial charge is 0.292 e. The highest BCUT2D eigenvalue weighted by molar-refractivity contribution is 5.53. The minimum Gasteiger partial charge on any atom is -0.292 e. The molecule has 3 rings (SSSR count). The van der Waals surface area contributed by atoms with Crippen LogP contribution in [0.3, 0.4) is 0 Å². The van der Waals surface area contributed by atoms with E-state index in [1.54, 1.807) is 0 Å². The molecule has 1 aromatic heterocycles. The Balaban J connectivity index is 1.75. The van der Waals surface area contributed by atoms with Crippen molar-refractivity contribution < 1.29 is 0 Å². The molecule has 0 radical (unpaired) electrons. The number of rotatable bonds is 3. The van der Waals surface area contributed by atoms with Gasteiger partial charge in [-0.25, -0.2) is 4.98 Å². The quantitative estimate of drug-likeness (QED) is 0.867. The topological polar surface area (TPSA) is 44.8 Å². The van der Waals surface area contributed by atoms with Gasteiger partial charge >= 0.3 is 0 Å². The normalized spacial score (nSPS) is 19.6. The van der Waals surface area contributed by atoms with E-state index in [-0.39, 0.29) is 0 Å². The van der Waals surface area contributed by atoms with Crippen molar-refractivity contribution in [3.8, 4) is 23.7 Å². The number of hydrogen-bond donors (Lipinski definition) is 1. The van der Waals surface area contributed by atoms with Crippen LogP contribution in [0.5, 0.6) is 0 Å². The van der Waals surface area contributed by atoms with Crippen molar-refractivity contribution >= 4 is 0 Å². The molecule has 1 N–H and O–H groups in total. The van der Waals surface area contributed by atoms with Gasteiger partial charge < -0.3 is 0 Å². The summed E-state index contributed by atoms with van der Waals surface area (Å²) in [5.74, 6) is 4.88. The first-order chi connectivity index (χ1) is 9.86. The van der Waals surface area contributed by atoms with Crippen molar-refractivity contribution in [1.29, 1.82) is 0 Å². The Morgan fingerprint density at radius 1 is 1.35 bits per heavy atom. The van der Waals surface area contributed by atoms with Crippen molar-refractivity contribution in [1.82, 2.24) is 20.1 Å². The predicted molar refractivity (Wildman–Crippen MR) is 79.1 cm³/mol. The van der Waals surface area contributed by atoms with E-state index >= 15 is 0 Å². The van der Waals surface area contributed by atoms with Gasteiger partial charge in [-0.05, 0) is 19.4 Å². The van der Waals surface area contributed by atoms with E-state index in [1.165, 1.54) is 0 Å². The molecule has 1 fully saturated rings. The summed E-state index contributed by atoms with van der Waals surface area (Å²) in [5.41, 5.74) is 1.05. The molecule has 0 aliphatic carbocycles. The van der Waals surface area contributed by atoms with E-state index < -0.39 is 0 Å². The Bertz CT molecular complexity index is 596. The molecule has 1 saturated heterocycles. The molecule has 0 amide bonds. The molecule has 0 bridgehead atoms. The molecule has 1 aliphatic rings. The van der Waals surface area contributed by atoms with Gasteiger partial charge in [0.2, 0.25) is 0 Å². The second-order valence-corrected chi connectivity index (χ2v) is 5.19. The zero-order valence-electron chi connectivity index (χ0n) is 11.4. The smallest absolute Gasteiger partial charge is 0.181 e. The molecule has 1 aliphatic heterocycles. The van der Waals surface area contributed by atoms with Crippen LogP contribution in [0, 0.1) is 12.3 Å². The zero-order chi connectivity index (χ0) is 13.8. The third-order valence-corrected chi connectivity index (χ3v) is 3.74. The molecular formula is C16H18N4. The number of likely N-dealkylation sites (tertiary alicyclic amines) is 1. The lowest BCUT2D eigenvalue weighted by Gasteiger charge is -2.29. The molecular weight excluding hydrogens is 248 g/mol.